The van der Waals surface area contributed by atoms with Gasteiger partial charge >= 0.3 is 0 Å². The van der Waals surface area contributed by atoms with Gasteiger partial charge in [-0.3, -0.25) is 0 Å². The molecular formula is C13H17N3O2S. The van der Waals surface area contributed by atoms with Crippen LogP contribution in [0.3, 0.4) is 0 Å². The second kappa shape index (κ2) is 4.61. The van der Waals surface area contributed by atoms with Gasteiger partial charge in [-0.1, -0.05) is 0 Å². The highest BCUT2D eigenvalue weighted by molar-refractivity contribution is 7.91. The van der Waals surface area contributed by atoms with Crippen molar-refractivity contribution in [1.82, 2.24) is 9.38 Å². The molecule has 2 aromatic heterocycles. The quantitative estimate of drug-likeness (QED) is 0.892. The van der Waals surface area contributed by atoms with E-state index in [0.717, 1.165) is 16.9 Å². The smallest absolute Gasteiger partial charge is 0.150 e. The van der Waals surface area contributed by atoms with Gasteiger partial charge in [0, 0.05) is 18.7 Å². The summed E-state index contributed by atoms with van der Waals surface area (Å²) in [5, 5.41) is 0. The van der Waals surface area contributed by atoms with Crippen LogP contribution in [0.25, 0.3) is 5.52 Å². The molecular weight excluding hydrogens is 262 g/mol. The van der Waals surface area contributed by atoms with Crippen molar-refractivity contribution in [3.05, 3.63) is 35.9 Å². The van der Waals surface area contributed by atoms with Crippen LogP contribution in [0, 0.1) is 0 Å². The Morgan fingerprint density at radius 3 is 2.79 bits per heavy atom. The fraction of sp³-hybridized carbons (Fsp3) is 0.462. The highest BCUT2D eigenvalue weighted by Gasteiger charge is 2.27. The molecule has 1 saturated heterocycles. The predicted molar refractivity (Wildman–Crippen MR) is 73.7 cm³/mol. The Hall–Kier alpha value is -1.40. The summed E-state index contributed by atoms with van der Waals surface area (Å²) in [5.41, 5.74) is 7.72. The zero-order valence-electron chi connectivity index (χ0n) is 10.6. The first kappa shape index (κ1) is 12.6. The van der Waals surface area contributed by atoms with Crippen LogP contribution in [0.2, 0.25) is 0 Å². The van der Waals surface area contributed by atoms with E-state index in [2.05, 4.69) is 4.98 Å². The summed E-state index contributed by atoms with van der Waals surface area (Å²) in [6, 6.07) is 4.01. The Kier molecular flexibility index (Phi) is 3.06. The van der Waals surface area contributed by atoms with Gasteiger partial charge in [0.25, 0.3) is 0 Å². The number of nitrogens with two attached hydrogens (primary N) is 1. The summed E-state index contributed by atoms with van der Waals surface area (Å²) in [7, 11) is -2.82. The molecule has 1 fully saturated rings. The molecule has 0 saturated carbocycles. The number of nitrogens with zero attached hydrogens (tertiary/aromatic N) is 2. The average Bonchev–Trinajstić information content (AvgIpc) is 2.81. The van der Waals surface area contributed by atoms with E-state index in [-0.39, 0.29) is 17.4 Å². The average molecular weight is 279 g/mol. The molecule has 6 heteroatoms. The van der Waals surface area contributed by atoms with Gasteiger partial charge in [-0.05, 0) is 30.5 Å². The number of sulfone groups is 1. The fourth-order valence-electron chi connectivity index (χ4n) is 2.64. The van der Waals surface area contributed by atoms with Crippen LogP contribution in [-0.4, -0.2) is 29.3 Å². The van der Waals surface area contributed by atoms with Crippen LogP contribution >= 0.6 is 0 Å². The number of hydrogen-bond donors (Lipinski definition) is 1. The van der Waals surface area contributed by atoms with Crippen molar-refractivity contribution in [3.8, 4) is 0 Å². The fourth-order valence-corrected chi connectivity index (χ4v) is 4.14. The minimum Gasteiger partial charge on any atom is -0.326 e. The molecule has 5 nitrogen and oxygen atoms in total. The van der Waals surface area contributed by atoms with Crippen LogP contribution in [0.15, 0.2) is 24.5 Å². The highest BCUT2D eigenvalue weighted by Crippen LogP contribution is 2.28. The van der Waals surface area contributed by atoms with Crippen molar-refractivity contribution in [3.63, 3.8) is 0 Å². The highest BCUT2D eigenvalue weighted by atomic mass is 32.2. The first-order valence-corrected chi connectivity index (χ1v) is 8.27. The second-order valence-electron chi connectivity index (χ2n) is 5.08. The lowest BCUT2D eigenvalue weighted by molar-refractivity contribution is 0.536. The van der Waals surface area contributed by atoms with Gasteiger partial charge in [0.1, 0.15) is 15.7 Å². The van der Waals surface area contributed by atoms with Gasteiger partial charge in [-0.15, -0.1) is 0 Å². The van der Waals surface area contributed by atoms with Crippen LogP contribution in [0.5, 0.6) is 0 Å². The van der Waals surface area contributed by atoms with E-state index in [9.17, 15) is 8.42 Å². The molecule has 1 aliphatic heterocycles. The molecule has 2 N–H and O–H groups in total. The molecule has 3 heterocycles. The molecule has 0 aliphatic carbocycles. The Morgan fingerprint density at radius 1 is 1.37 bits per heavy atom. The van der Waals surface area contributed by atoms with E-state index in [1.54, 1.807) is 0 Å². The van der Waals surface area contributed by atoms with Crippen molar-refractivity contribution >= 4 is 15.4 Å². The maximum atomic E-state index is 11.5. The minimum atomic E-state index is -2.82. The Balaban J connectivity index is 1.93. The van der Waals surface area contributed by atoms with E-state index in [1.807, 2.05) is 28.9 Å². The van der Waals surface area contributed by atoms with Crippen LogP contribution < -0.4 is 5.73 Å². The number of fused-ring (bicyclic) bond motifs is 1. The third-order valence-electron chi connectivity index (χ3n) is 3.78. The van der Waals surface area contributed by atoms with Gasteiger partial charge in [-0.25, -0.2) is 13.4 Å². The largest absolute Gasteiger partial charge is 0.326 e. The summed E-state index contributed by atoms with van der Waals surface area (Å²) >= 11 is 0. The molecule has 3 rings (SSSR count). The van der Waals surface area contributed by atoms with Crippen molar-refractivity contribution in [2.45, 2.75) is 25.3 Å². The van der Waals surface area contributed by atoms with Gasteiger partial charge in [0.15, 0.2) is 0 Å². The zero-order valence-corrected chi connectivity index (χ0v) is 11.4. The zero-order chi connectivity index (χ0) is 13.5. The van der Waals surface area contributed by atoms with Crippen LogP contribution in [-0.2, 0) is 16.4 Å². The maximum absolute atomic E-state index is 11.5. The Morgan fingerprint density at radius 2 is 2.11 bits per heavy atom. The molecule has 1 aliphatic rings. The van der Waals surface area contributed by atoms with Crippen LogP contribution in [0.4, 0.5) is 0 Å². The first-order valence-electron chi connectivity index (χ1n) is 6.45. The minimum absolute atomic E-state index is 0.231. The Bertz CT molecular complexity index is 692. The predicted octanol–water partition coefficient (Wildman–Crippen LogP) is 1.09. The summed E-state index contributed by atoms with van der Waals surface area (Å²) in [6.07, 6.45) is 5.14. The molecule has 19 heavy (non-hydrogen) atoms. The molecule has 0 aromatic carbocycles. The van der Waals surface area contributed by atoms with Crippen molar-refractivity contribution in [2.75, 3.05) is 11.5 Å². The van der Waals surface area contributed by atoms with Crippen molar-refractivity contribution in [2.24, 2.45) is 5.73 Å². The molecule has 0 unspecified atom stereocenters. The monoisotopic (exact) mass is 279 g/mol. The van der Waals surface area contributed by atoms with E-state index in [4.69, 9.17) is 5.73 Å². The van der Waals surface area contributed by atoms with Crippen molar-refractivity contribution < 1.29 is 8.42 Å². The van der Waals surface area contributed by atoms with Gasteiger partial charge in [0.05, 0.1) is 23.2 Å². The van der Waals surface area contributed by atoms with Crippen LogP contribution in [0.1, 0.15) is 30.1 Å². The number of pyridine rings is 1. The summed E-state index contributed by atoms with van der Waals surface area (Å²) in [5.74, 6) is 1.74. The number of hydrogen-bond acceptors (Lipinski definition) is 4. The lowest BCUT2D eigenvalue weighted by Gasteiger charge is -2.20. The second-order valence-corrected chi connectivity index (χ2v) is 7.38. The Labute approximate surface area is 112 Å². The number of rotatable bonds is 2. The summed E-state index contributed by atoms with van der Waals surface area (Å²) in [6.45, 7) is 0.513. The molecule has 0 atom stereocenters. The van der Waals surface area contributed by atoms with Gasteiger partial charge in [0.2, 0.25) is 0 Å². The molecule has 0 bridgehead atoms. The van der Waals surface area contributed by atoms with Gasteiger partial charge < -0.3 is 10.1 Å². The molecule has 102 valence electrons. The lowest BCUT2D eigenvalue weighted by atomic mass is 10.0. The van der Waals surface area contributed by atoms with Gasteiger partial charge in [-0.2, -0.15) is 0 Å². The first-order chi connectivity index (χ1) is 9.09. The summed E-state index contributed by atoms with van der Waals surface area (Å²) in [4.78, 5) is 4.47. The molecule has 2 aromatic rings. The SMILES string of the molecule is NCc1ccn2c(C3CCS(=O)(=O)CC3)ncc2c1. The van der Waals surface area contributed by atoms with E-state index in [0.29, 0.717) is 19.4 Å². The number of imidazole rings is 1. The normalized spacial score (nSPS) is 19.8. The maximum Gasteiger partial charge on any atom is 0.150 e. The van der Waals surface area contributed by atoms with E-state index >= 15 is 0 Å². The standard InChI is InChI=1S/C13H17N3O2S/c14-8-10-1-4-16-12(7-10)9-15-13(16)11-2-5-19(17,18)6-3-11/h1,4,7,9,11H,2-3,5-6,8,14H2. The third-order valence-corrected chi connectivity index (χ3v) is 5.50. The topological polar surface area (TPSA) is 77.5 Å². The van der Waals surface area contributed by atoms with Crippen molar-refractivity contribution in [1.29, 1.82) is 0 Å². The molecule has 0 radical (unpaired) electrons. The molecule has 0 spiro atoms. The summed E-state index contributed by atoms with van der Waals surface area (Å²) < 4.78 is 25.0. The lowest BCUT2D eigenvalue weighted by Crippen LogP contribution is -2.23. The van der Waals surface area contributed by atoms with E-state index in [1.165, 1.54) is 0 Å². The third kappa shape index (κ3) is 2.37. The number of aromatic nitrogens is 2. The van der Waals surface area contributed by atoms with E-state index < -0.39 is 9.84 Å². The molecule has 0 amide bonds.